The molecule has 0 radical (unpaired) electrons. The number of hydrogen-bond donors (Lipinski definition) is 1. The Morgan fingerprint density at radius 2 is 2.00 bits per heavy atom. The zero-order chi connectivity index (χ0) is 19.3. The Balaban J connectivity index is 1.45. The topological polar surface area (TPSA) is 65.4 Å². The molecule has 1 atom stereocenters. The smallest absolute Gasteiger partial charge is 0.251 e. The van der Waals surface area contributed by atoms with E-state index in [2.05, 4.69) is 10.4 Å². The molecule has 6 nitrogen and oxygen atoms in total. The van der Waals surface area contributed by atoms with Crippen LogP contribution in [0.5, 0.6) is 11.5 Å². The van der Waals surface area contributed by atoms with Gasteiger partial charge in [-0.3, -0.25) is 9.48 Å². The van der Waals surface area contributed by atoms with Crippen molar-refractivity contribution in [3.05, 3.63) is 77.6 Å². The van der Waals surface area contributed by atoms with Crippen LogP contribution < -0.4 is 14.8 Å². The Kier molecular flexibility index (Phi) is 5.28. The molecule has 0 bridgehead atoms. The summed E-state index contributed by atoms with van der Waals surface area (Å²) in [6.45, 7) is 3.89. The lowest BCUT2D eigenvalue weighted by Crippen LogP contribution is -2.26. The average Bonchev–Trinajstić information content (AvgIpc) is 3.10. The van der Waals surface area contributed by atoms with Crippen molar-refractivity contribution in [3.63, 3.8) is 0 Å². The molecule has 0 saturated heterocycles. The molecule has 28 heavy (non-hydrogen) atoms. The minimum absolute atomic E-state index is 0.109. The van der Waals surface area contributed by atoms with Crippen LogP contribution in [0, 0.1) is 0 Å². The second-order valence-corrected chi connectivity index (χ2v) is 6.86. The highest BCUT2D eigenvalue weighted by Gasteiger charge is 2.16. The van der Waals surface area contributed by atoms with Crippen LogP contribution in [0.15, 0.2) is 60.9 Å². The van der Waals surface area contributed by atoms with Crippen molar-refractivity contribution in [3.8, 4) is 11.5 Å². The number of aromatic nitrogens is 2. The van der Waals surface area contributed by atoms with Gasteiger partial charge in [0, 0.05) is 24.4 Å². The number of nitrogens with zero attached hydrogens (tertiary/aromatic N) is 2. The van der Waals surface area contributed by atoms with Crippen molar-refractivity contribution in [2.45, 2.75) is 25.9 Å². The Morgan fingerprint density at radius 3 is 2.82 bits per heavy atom. The van der Waals surface area contributed by atoms with E-state index in [1.54, 1.807) is 6.20 Å². The van der Waals surface area contributed by atoms with Gasteiger partial charge in [0.1, 0.15) is 0 Å². The SMILES string of the molecule is C[C@H](NC(=O)c1cccc(Cn2cccn2)c1)c1ccc2c(c1)OCCCO2. The lowest BCUT2D eigenvalue weighted by atomic mass is 10.1. The summed E-state index contributed by atoms with van der Waals surface area (Å²) in [4.78, 5) is 12.7. The molecular formula is C22H23N3O3. The number of rotatable bonds is 5. The van der Waals surface area contributed by atoms with Crippen molar-refractivity contribution >= 4 is 5.91 Å². The Morgan fingerprint density at radius 1 is 1.14 bits per heavy atom. The molecule has 0 saturated carbocycles. The van der Waals surface area contributed by atoms with Crippen LogP contribution in [0.3, 0.4) is 0 Å². The Labute approximate surface area is 164 Å². The fraction of sp³-hybridized carbons (Fsp3) is 0.273. The van der Waals surface area contributed by atoms with E-state index < -0.39 is 0 Å². The molecule has 6 heteroatoms. The fourth-order valence-electron chi connectivity index (χ4n) is 3.20. The predicted molar refractivity (Wildman–Crippen MR) is 106 cm³/mol. The highest BCUT2D eigenvalue weighted by Crippen LogP contribution is 2.32. The normalized spacial score (nSPS) is 14.2. The highest BCUT2D eigenvalue weighted by atomic mass is 16.5. The van der Waals surface area contributed by atoms with E-state index in [4.69, 9.17) is 9.47 Å². The van der Waals surface area contributed by atoms with E-state index in [9.17, 15) is 4.79 Å². The average molecular weight is 377 g/mol. The van der Waals surface area contributed by atoms with Gasteiger partial charge in [0.05, 0.1) is 25.8 Å². The summed E-state index contributed by atoms with van der Waals surface area (Å²) in [5, 5.41) is 7.27. The number of carbonyl (C=O) groups excluding carboxylic acids is 1. The summed E-state index contributed by atoms with van der Waals surface area (Å²) in [6, 6.07) is 15.2. The van der Waals surface area contributed by atoms with Crippen molar-refractivity contribution in [1.82, 2.24) is 15.1 Å². The van der Waals surface area contributed by atoms with Gasteiger partial charge in [-0.2, -0.15) is 5.10 Å². The number of fused-ring (bicyclic) bond motifs is 1. The minimum Gasteiger partial charge on any atom is -0.490 e. The van der Waals surface area contributed by atoms with Gasteiger partial charge in [0.25, 0.3) is 5.91 Å². The zero-order valence-electron chi connectivity index (χ0n) is 15.8. The first-order valence-corrected chi connectivity index (χ1v) is 9.46. The second-order valence-electron chi connectivity index (χ2n) is 6.86. The van der Waals surface area contributed by atoms with Gasteiger partial charge >= 0.3 is 0 Å². The third-order valence-electron chi connectivity index (χ3n) is 4.71. The first-order chi connectivity index (χ1) is 13.7. The second kappa shape index (κ2) is 8.17. The monoisotopic (exact) mass is 377 g/mol. The molecular weight excluding hydrogens is 354 g/mol. The van der Waals surface area contributed by atoms with Crippen LogP contribution in [0.1, 0.15) is 40.9 Å². The molecule has 0 fully saturated rings. The minimum atomic E-state index is -0.153. The molecule has 144 valence electrons. The van der Waals surface area contributed by atoms with Gasteiger partial charge in [0.2, 0.25) is 0 Å². The summed E-state index contributed by atoms with van der Waals surface area (Å²) < 4.78 is 13.2. The summed E-state index contributed by atoms with van der Waals surface area (Å²) in [5.74, 6) is 1.38. The van der Waals surface area contributed by atoms with E-state index in [0.29, 0.717) is 25.3 Å². The molecule has 0 spiro atoms. The summed E-state index contributed by atoms with van der Waals surface area (Å²) >= 11 is 0. The van der Waals surface area contributed by atoms with Crippen molar-refractivity contribution in [1.29, 1.82) is 0 Å². The number of amides is 1. The van der Waals surface area contributed by atoms with Gasteiger partial charge < -0.3 is 14.8 Å². The van der Waals surface area contributed by atoms with Crippen LogP contribution >= 0.6 is 0 Å². The van der Waals surface area contributed by atoms with E-state index in [0.717, 1.165) is 29.0 Å². The molecule has 1 aliphatic rings. The van der Waals surface area contributed by atoms with Gasteiger partial charge in [-0.15, -0.1) is 0 Å². The lowest BCUT2D eigenvalue weighted by molar-refractivity contribution is 0.0939. The van der Waals surface area contributed by atoms with Crippen LogP contribution in [-0.4, -0.2) is 28.9 Å². The van der Waals surface area contributed by atoms with E-state index in [1.807, 2.05) is 66.3 Å². The quantitative estimate of drug-likeness (QED) is 0.738. The first-order valence-electron chi connectivity index (χ1n) is 9.46. The maximum atomic E-state index is 12.7. The lowest BCUT2D eigenvalue weighted by Gasteiger charge is -2.17. The van der Waals surface area contributed by atoms with Gasteiger partial charge in [-0.1, -0.05) is 18.2 Å². The summed E-state index contributed by atoms with van der Waals surface area (Å²) in [7, 11) is 0. The molecule has 4 rings (SSSR count). The highest BCUT2D eigenvalue weighted by molar-refractivity contribution is 5.94. The van der Waals surface area contributed by atoms with E-state index >= 15 is 0 Å². The maximum absolute atomic E-state index is 12.7. The molecule has 3 aromatic rings. The molecule has 1 N–H and O–H groups in total. The third-order valence-corrected chi connectivity index (χ3v) is 4.71. The van der Waals surface area contributed by atoms with Crippen molar-refractivity contribution in [2.75, 3.05) is 13.2 Å². The number of benzene rings is 2. The fourth-order valence-corrected chi connectivity index (χ4v) is 3.20. The van der Waals surface area contributed by atoms with Crippen LogP contribution in [0.2, 0.25) is 0 Å². The molecule has 1 aliphatic heterocycles. The molecule has 0 unspecified atom stereocenters. The van der Waals surface area contributed by atoms with Crippen LogP contribution in [-0.2, 0) is 6.54 Å². The van der Waals surface area contributed by atoms with Gasteiger partial charge in [-0.25, -0.2) is 0 Å². The Hall–Kier alpha value is -3.28. The van der Waals surface area contributed by atoms with Crippen molar-refractivity contribution < 1.29 is 14.3 Å². The first kappa shape index (κ1) is 18.1. The van der Waals surface area contributed by atoms with Crippen molar-refractivity contribution in [2.24, 2.45) is 0 Å². The standard InChI is InChI=1S/C22H23N3O3/c1-16(18-7-8-20-21(14-18)28-12-4-11-27-20)24-22(26)19-6-2-5-17(13-19)15-25-10-3-9-23-25/h2-3,5-10,13-14,16H,4,11-12,15H2,1H3,(H,24,26)/t16-/m0/s1. The largest absolute Gasteiger partial charge is 0.490 e. The van der Waals surface area contributed by atoms with Crippen LogP contribution in [0.25, 0.3) is 0 Å². The number of nitrogens with one attached hydrogen (secondary N) is 1. The van der Waals surface area contributed by atoms with Gasteiger partial charge in [0.15, 0.2) is 11.5 Å². The molecule has 0 aliphatic carbocycles. The molecule has 1 aromatic heterocycles. The number of ether oxygens (including phenoxy) is 2. The van der Waals surface area contributed by atoms with Gasteiger partial charge in [-0.05, 0) is 48.4 Å². The summed E-state index contributed by atoms with van der Waals surface area (Å²) in [5.41, 5.74) is 2.63. The molecule has 2 aromatic carbocycles. The number of carbonyl (C=O) groups is 1. The van der Waals surface area contributed by atoms with Crippen LogP contribution in [0.4, 0.5) is 0 Å². The Bertz CT molecular complexity index is 953. The predicted octanol–water partition coefficient (Wildman–Crippen LogP) is 3.58. The molecule has 1 amide bonds. The summed E-state index contributed by atoms with van der Waals surface area (Å²) in [6.07, 6.45) is 4.51. The van der Waals surface area contributed by atoms with E-state index in [1.165, 1.54) is 0 Å². The third kappa shape index (κ3) is 4.17. The zero-order valence-corrected chi connectivity index (χ0v) is 15.8. The molecule has 2 heterocycles. The maximum Gasteiger partial charge on any atom is 0.251 e. The van der Waals surface area contributed by atoms with E-state index in [-0.39, 0.29) is 11.9 Å². The number of hydrogen-bond acceptors (Lipinski definition) is 4.